The number of aromatic nitrogens is 5. The number of hydrogen-bond acceptors (Lipinski definition) is 2. The molecule has 14 aromatic rings. The molecule has 0 saturated heterocycles. The standard InChI is InChI=1S/C62H37N5S/c1-7-21-49-41(15-1)42-16-2-8-22-50(42)62(49)51-37-40(31-34-59(51)67-60-28-14-9-23-52(60)63-61(67)68-62)66-57-32-29-38(64-53-24-10-3-17-43(53)44-18-4-11-25-54(44)64)35-47(57)48-36-39(30-33-58(48)66)65-55-26-12-5-19-45(55)46-20-6-13-27-56(46)65/h1-37H. The van der Waals surface area contributed by atoms with E-state index in [9.17, 15) is 0 Å². The van der Waals surface area contributed by atoms with Crippen LogP contribution in [0.25, 0.3) is 110 Å². The molecule has 16 rings (SSSR count). The zero-order valence-corrected chi connectivity index (χ0v) is 37.3. The van der Waals surface area contributed by atoms with Crippen molar-refractivity contribution in [1.29, 1.82) is 0 Å². The monoisotopic (exact) mass is 883 g/mol. The van der Waals surface area contributed by atoms with E-state index in [0.717, 1.165) is 50.0 Å². The normalized spacial score (nSPS) is 13.6. The third kappa shape index (κ3) is 4.64. The fourth-order valence-corrected chi connectivity index (χ4v) is 13.7. The Morgan fingerprint density at radius 1 is 0.309 bits per heavy atom. The molecular weight excluding hydrogens is 847 g/mol. The van der Waals surface area contributed by atoms with E-state index < -0.39 is 4.75 Å². The first-order valence-corrected chi connectivity index (χ1v) is 24.1. The molecule has 1 spiro atoms. The van der Waals surface area contributed by atoms with E-state index in [4.69, 9.17) is 4.98 Å². The van der Waals surface area contributed by atoms with Gasteiger partial charge in [-0.2, -0.15) is 0 Å². The zero-order valence-electron chi connectivity index (χ0n) is 36.5. The summed E-state index contributed by atoms with van der Waals surface area (Å²) in [6.07, 6.45) is 0. The van der Waals surface area contributed by atoms with Gasteiger partial charge in [0, 0.05) is 54.9 Å². The highest BCUT2D eigenvalue weighted by Gasteiger charge is 2.50. The van der Waals surface area contributed by atoms with Gasteiger partial charge in [0.1, 0.15) is 4.75 Å². The number of nitrogens with zero attached hydrogens (tertiary/aromatic N) is 5. The number of benzene rings is 10. The Hall–Kier alpha value is -8.58. The van der Waals surface area contributed by atoms with Crippen molar-refractivity contribution in [3.63, 3.8) is 0 Å². The molecule has 2 aliphatic rings. The Morgan fingerprint density at radius 2 is 0.706 bits per heavy atom. The lowest BCUT2D eigenvalue weighted by Crippen LogP contribution is -2.29. The predicted molar refractivity (Wildman–Crippen MR) is 282 cm³/mol. The van der Waals surface area contributed by atoms with Crippen molar-refractivity contribution in [1.82, 2.24) is 23.3 Å². The van der Waals surface area contributed by atoms with Crippen molar-refractivity contribution in [2.45, 2.75) is 9.90 Å². The van der Waals surface area contributed by atoms with Gasteiger partial charge in [-0.3, -0.25) is 4.57 Å². The van der Waals surface area contributed by atoms with Crippen molar-refractivity contribution < 1.29 is 0 Å². The third-order valence-electron chi connectivity index (χ3n) is 14.9. The van der Waals surface area contributed by atoms with E-state index >= 15 is 0 Å². The molecule has 4 aromatic heterocycles. The van der Waals surface area contributed by atoms with Crippen LogP contribution in [0.15, 0.2) is 230 Å². The fraction of sp³-hybridized carbons (Fsp3) is 0.0161. The highest BCUT2D eigenvalue weighted by molar-refractivity contribution is 8.00. The molecule has 0 unspecified atom stereocenters. The van der Waals surface area contributed by atoms with Gasteiger partial charge in [-0.15, -0.1) is 0 Å². The van der Waals surface area contributed by atoms with Gasteiger partial charge >= 0.3 is 0 Å². The molecule has 0 amide bonds. The molecule has 0 radical (unpaired) electrons. The lowest BCUT2D eigenvalue weighted by atomic mass is 9.86. The van der Waals surface area contributed by atoms with E-state index in [-0.39, 0.29) is 0 Å². The lowest BCUT2D eigenvalue weighted by molar-refractivity contribution is 0.811. The van der Waals surface area contributed by atoms with Gasteiger partial charge in [-0.25, -0.2) is 4.98 Å². The van der Waals surface area contributed by atoms with E-state index in [1.807, 2.05) is 11.8 Å². The molecule has 1 aliphatic carbocycles. The van der Waals surface area contributed by atoms with Crippen molar-refractivity contribution in [3.8, 4) is 33.9 Å². The highest BCUT2D eigenvalue weighted by atomic mass is 32.2. The van der Waals surface area contributed by atoms with Crippen LogP contribution in [-0.2, 0) is 4.75 Å². The van der Waals surface area contributed by atoms with Crippen LogP contribution in [0.3, 0.4) is 0 Å². The number of rotatable bonds is 3. The molecule has 10 aromatic carbocycles. The summed E-state index contributed by atoms with van der Waals surface area (Å²) in [6, 6.07) is 83.0. The first-order chi connectivity index (χ1) is 33.7. The van der Waals surface area contributed by atoms with Crippen LogP contribution >= 0.6 is 11.8 Å². The quantitative estimate of drug-likeness (QED) is 0.177. The number of thioether (sulfide) groups is 1. The van der Waals surface area contributed by atoms with E-state index in [1.165, 1.54) is 82.2 Å². The Bertz CT molecular complexity index is 4180. The first kappa shape index (κ1) is 36.6. The first-order valence-electron chi connectivity index (χ1n) is 23.3. The van der Waals surface area contributed by atoms with E-state index in [0.29, 0.717) is 0 Å². The molecule has 0 bridgehead atoms. The van der Waals surface area contributed by atoms with Gasteiger partial charge in [-0.1, -0.05) is 145 Å². The van der Waals surface area contributed by atoms with Crippen LogP contribution in [-0.4, -0.2) is 23.3 Å². The van der Waals surface area contributed by atoms with Gasteiger partial charge < -0.3 is 13.7 Å². The van der Waals surface area contributed by atoms with Crippen molar-refractivity contribution in [3.05, 3.63) is 241 Å². The summed E-state index contributed by atoms with van der Waals surface area (Å²) in [5.41, 5.74) is 20.2. The minimum absolute atomic E-state index is 0.526. The average molecular weight is 884 g/mol. The maximum atomic E-state index is 5.32. The van der Waals surface area contributed by atoms with Crippen molar-refractivity contribution >= 4 is 88.2 Å². The second-order valence-corrected chi connectivity index (χ2v) is 19.5. The summed E-state index contributed by atoms with van der Waals surface area (Å²) in [6.45, 7) is 0. The minimum atomic E-state index is -0.526. The second-order valence-electron chi connectivity index (χ2n) is 18.3. The van der Waals surface area contributed by atoms with E-state index in [2.05, 4.69) is 243 Å². The van der Waals surface area contributed by atoms with Crippen LogP contribution in [0.2, 0.25) is 0 Å². The molecular formula is C62H37N5S. The van der Waals surface area contributed by atoms with Gasteiger partial charge in [0.2, 0.25) is 0 Å². The molecule has 0 N–H and O–H groups in total. The number of imidazole rings is 1. The molecule has 316 valence electrons. The molecule has 0 fully saturated rings. The summed E-state index contributed by atoms with van der Waals surface area (Å²) in [5, 5.41) is 8.41. The number of fused-ring (bicyclic) bond motifs is 20. The van der Waals surface area contributed by atoms with Gasteiger partial charge in [0.25, 0.3) is 0 Å². The largest absolute Gasteiger partial charge is 0.309 e. The smallest absolute Gasteiger partial charge is 0.175 e. The van der Waals surface area contributed by atoms with Crippen molar-refractivity contribution in [2.75, 3.05) is 0 Å². The minimum Gasteiger partial charge on any atom is -0.309 e. The summed E-state index contributed by atoms with van der Waals surface area (Å²) in [4.78, 5) is 5.32. The van der Waals surface area contributed by atoms with Crippen LogP contribution in [0.1, 0.15) is 16.7 Å². The molecule has 6 heteroatoms. The van der Waals surface area contributed by atoms with Gasteiger partial charge in [0.05, 0.1) is 49.8 Å². The molecule has 0 saturated carbocycles. The average Bonchev–Trinajstić information content (AvgIpc) is 4.19. The molecule has 68 heavy (non-hydrogen) atoms. The summed E-state index contributed by atoms with van der Waals surface area (Å²) >= 11 is 1.88. The molecule has 1 aliphatic heterocycles. The SMILES string of the molecule is c1ccc2c(c1)-c1ccccc1C21Sc2nc3ccccc3n2-c2ccc(-n3c4ccc(-n5c6ccccc6c6ccccc65)cc4c4cc(-n5c6ccccc6c6ccccc65)ccc43)cc21. The summed E-state index contributed by atoms with van der Waals surface area (Å²) < 4.78 is 9.23. The van der Waals surface area contributed by atoms with Crippen LogP contribution in [0.5, 0.6) is 0 Å². The number of hydrogen-bond donors (Lipinski definition) is 0. The van der Waals surface area contributed by atoms with Crippen LogP contribution in [0.4, 0.5) is 0 Å². The Kier molecular flexibility index (Phi) is 7.15. The van der Waals surface area contributed by atoms with Gasteiger partial charge in [-0.05, 0) is 113 Å². The topological polar surface area (TPSA) is 32.6 Å². The van der Waals surface area contributed by atoms with Crippen LogP contribution in [0, 0.1) is 0 Å². The maximum Gasteiger partial charge on any atom is 0.175 e. The third-order valence-corrected chi connectivity index (χ3v) is 16.4. The Labute approximate surface area is 394 Å². The second kappa shape index (κ2) is 13.3. The maximum absolute atomic E-state index is 5.32. The summed E-state index contributed by atoms with van der Waals surface area (Å²) in [7, 11) is 0. The lowest BCUT2D eigenvalue weighted by Gasteiger charge is -2.37. The number of para-hydroxylation sites is 6. The summed E-state index contributed by atoms with van der Waals surface area (Å²) in [5.74, 6) is 0. The Balaban J connectivity index is 1.00. The molecule has 0 atom stereocenters. The molecule has 5 heterocycles. The Morgan fingerprint density at radius 3 is 1.22 bits per heavy atom. The fourth-order valence-electron chi connectivity index (χ4n) is 12.2. The van der Waals surface area contributed by atoms with Gasteiger partial charge in [0.15, 0.2) is 5.16 Å². The zero-order chi connectivity index (χ0) is 44.2. The molecule has 5 nitrogen and oxygen atoms in total. The van der Waals surface area contributed by atoms with E-state index in [1.54, 1.807) is 0 Å². The van der Waals surface area contributed by atoms with Crippen molar-refractivity contribution in [2.24, 2.45) is 0 Å². The highest BCUT2D eigenvalue weighted by Crippen LogP contribution is 2.64. The van der Waals surface area contributed by atoms with Crippen LogP contribution < -0.4 is 0 Å². The predicted octanol–water partition coefficient (Wildman–Crippen LogP) is 15.7.